The second-order valence-electron chi connectivity index (χ2n) is 5.19. The van der Waals surface area contributed by atoms with Crippen LogP contribution in [-0.4, -0.2) is 29.0 Å². The third kappa shape index (κ3) is 3.28. The molecular weight excluding hydrogens is 217 g/mol. The molecule has 1 atom stereocenters. The van der Waals surface area contributed by atoms with Gasteiger partial charge in [-0.05, 0) is 51.8 Å². The minimum Gasteiger partial charge on any atom is -0.317 e. The smallest absolute Gasteiger partial charge is 0.109 e. The highest BCUT2D eigenvalue weighted by Crippen LogP contribution is 2.22. The van der Waals surface area contributed by atoms with Crippen LogP contribution in [0.15, 0.2) is 12.3 Å². The number of halogens is 1. The molecule has 3 nitrogen and oxygen atoms in total. The fourth-order valence-corrected chi connectivity index (χ4v) is 2.35. The summed E-state index contributed by atoms with van der Waals surface area (Å²) in [5.41, 5.74) is 0.879. The van der Waals surface area contributed by atoms with Gasteiger partial charge < -0.3 is 5.32 Å². The van der Waals surface area contributed by atoms with Crippen molar-refractivity contribution in [3.05, 3.63) is 18.0 Å². The normalized spacial score (nSPS) is 19.8. The Labute approximate surface area is 102 Å². The fourth-order valence-electron chi connectivity index (χ4n) is 2.35. The minimum atomic E-state index is -0.743. The van der Waals surface area contributed by atoms with Gasteiger partial charge in [-0.2, -0.15) is 5.10 Å². The number of aromatic nitrogens is 2. The van der Waals surface area contributed by atoms with Crippen LogP contribution >= 0.6 is 0 Å². The highest BCUT2D eigenvalue weighted by Gasteiger charge is 2.24. The van der Waals surface area contributed by atoms with Gasteiger partial charge in [0.25, 0.3) is 0 Å². The molecule has 1 aliphatic heterocycles. The van der Waals surface area contributed by atoms with E-state index in [1.54, 1.807) is 0 Å². The van der Waals surface area contributed by atoms with Gasteiger partial charge in [0.05, 0.1) is 5.69 Å². The van der Waals surface area contributed by atoms with Crippen LogP contribution in [0.1, 0.15) is 38.4 Å². The molecule has 1 aromatic rings. The molecule has 0 aromatic carbocycles. The Balaban J connectivity index is 1.90. The van der Waals surface area contributed by atoms with Crippen molar-refractivity contribution in [2.75, 3.05) is 13.1 Å². The Morgan fingerprint density at radius 2 is 2.18 bits per heavy atom. The van der Waals surface area contributed by atoms with E-state index in [4.69, 9.17) is 0 Å². The number of nitrogens with zero attached hydrogens (tertiary/aromatic N) is 2. The lowest BCUT2D eigenvalue weighted by atomic mass is 9.91. The Hall–Kier alpha value is -0.900. The van der Waals surface area contributed by atoms with Crippen LogP contribution in [0.5, 0.6) is 0 Å². The summed E-state index contributed by atoms with van der Waals surface area (Å²) in [5.74, 6) is 0.209. The number of nitrogens with one attached hydrogen (secondary N) is 1. The first-order valence-electron chi connectivity index (χ1n) is 6.55. The van der Waals surface area contributed by atoms with Crippen LogP contribution in [0, 0.1) is 5.92 Å². The highest BCUT2D eigenvalue weighted by atomic mass is 19.1. The summed E-state index contributed by atoms with van der Waals surface area (Å²) < 4.78 is 16.0. The lowest BCUT2D eigenvalue weighted by Crippen LogP contribution is -2.33. The average molecular weight is 239 g/mol. The Bertz CT molecular complexity index is 342. The number of rotatable bonds is 4. The van der Waals surface area contributed by atoms with Gasteiger partial charge in [0, 0.05) is 18.7 Å². The average Bonchev–Trinajstić information content (AvgIpc) is 2.79. The topological polar surface area (TPSA) is 29.9 Å². The molecule has 2 heterocycles. The second kappa shape index (κ2) is 5.63. The maximum absolute atomic E-state index is 14.1. The van der Waals surface area contributed by atoms with Gasteiger partial charge in [0.1, 0.15) is 6.17 Å². The zero-order valence-corrected chi connectivity index (χ0v) is 10.7. The summed E-state index contributed by atoms with van der Waals surface area (Å²) in [6.45, 7) is 6.06. The van der Waals surface area contributed by atoms with Crippen LogP contribution < -0.4 is 5.32 Å². The first-order valence-corrected chi connectivity index (χ1v) is 6.55. The van der Waals surface area contributed by atoms with Gasteiger partial charge in [-0.1, -0.05) is 0 Å². The largest absolute Gasteiger partial charge is 0.317 e. The summed E-state index contributed by atoms with van der Waals surface area (Å²) in [6.07, 6.45) is 3.56. The molecule has 17 heavy (non-hydrogen) atoms. The monoisotopic (exact) mass is 239 g/mol. The van der Waals surface area contributed by atoms with Crippen molar-refractivity contribution < 1.29 is 4.39 Å². The molecule has 0 aliphatic carbocycles. The Morgan fingerprint density at radius 3 is 2.76 bits per heavy atom. The number of piperidine rings is 1. The molecule has 1 N–H and O–H groups in total. The molecule has 1 aromatic heterocycles. The quantitative estimate of drug-likeness (QED) is 0.874. The lowest BCUT2D eigenvalue weighted by molar-refractivity contribution is 0.185. The molecule has 2 rings (SSSR count). The number of hydrogen-bond donors (Lipinski definition) is 1. The first-order chi connectivity index (χ1) is 8.16. The predicted octanol–water partition coefficient (Wildman–Crippen LogP) is 2.34. The molecule has 0 bridgehead atoms. The van der Waals surface area contributed by atoms with E-state index in [0.717, 1.165) is 31.6 Å². The molecule has 96 valence electrons. The Morgan fingerprint density at radius 1 is 1.47 bits per heavy atom. The molecule has 1 unspecified atom stereocenters. The van der Waals surface area contributed by atoms with E-state index in [0.29, 0.717) is 12.5 Å². The van der Waals surface area contributed by atoms with Crippen LogP contribution in [0.3, 0.4) is 0 Å². The summed E-state index contributed by atoms with van der Waals surface area (Å²) in [6, 6.07) is 2.29. The third-order valence-corrected chi connectivity index (χ3v) is 3.49. The fraction of sp³-hybridized carbons (Fsp3) is 0.769. The minimum absolute atomic E-state index is 0.209. The van der Waals surface area contributed by atoms with Crippen LogP contribution in [0.4, 0.5) is 4.39 Å². The van der Waals surface area contributed by atoms with Gasteiger partial charge in [-0.3, -0.25) is 4.68 Å². The van der Waals surface area contributed by atoms with Crippen molar-refractivity contribution in [1.29, 1.82) is 0 Å². The summed E-state index contributed by atoms with van der Waals surface area (Å²) in [5, 5.41) is 7.67. The van der Waals surface area contributed by atoms with E-state index >= 15 is 0 Å². The SMILES string of the molecule is CC(C)n1ccc(CC(F)C2CCNCC2)n1. The van der Waals surface area contributed by atoms with Crippen molar-refractivity contribution in [3.63, 3.8) is 0 Å². The van der Waals surface area contributed by atoms with Crippen molar-refractivity contribution in [2.24, 2.45) is 5.92 Å². The van der Waals surface area contributed by atoms with Crippen LogP contribution in [0.2, 0.25) is 0 Å². The summed E-state index contributed by atoms with van der Waals surface area (Å²) in [7, 11) is 0. The first kappa shape index (κ1) is 12.6. The third-order valence-electron chi connectivity index (χ3n) is 3.49. The molecule has 0 radical (unpaired) electrons. The number of hydrogen-bond acceptors (Lipinski definition) is 2. The van der Waals surface area contributed by atoms with E-state index < -0.39 is 6.17 Å². The molecule has 0 spiro atoms. The lowest BCUT2D eigenvalue weighted by Gasteiger charge is -2.25. The maximum atomic E-state index is 14.1. The maximum Gasteiger partial charge on any atom is 0.109 e. The van der Waals surface area contributed by atoms with Crippen molar-refractivity contribution in [2.45, 2.75) is 45.3 Å². The molecule has 1 saturated heterocycles. The van der Waals surface area contributed by atoms with E-state index in [1.165, 1.54) is 0 Å². The molecule has 0 saturated carbocycles. The molecule has 1 fully saturated rings. The molecular formula is C13H22FN3. The molecule has 0 amide bonds. The summed E-state index contributed by atoms with van der Waals surface area (Å²) in [4.78, 5) is 0. The van der Waals surface area contributed by atoms with E-state index in [2.05, 4.69) is 24.3 Å². The van der Waals surface area contributed by atoms with Crippen LogP contribution in [0.25, 0.3) is 0 Å². The summed E-state index contributed by atoms with van der Waals surface area (Å²) >= 11 is 0. The molecule has 1 aliphatic rings. The second-order valence-corrected chi connectivity index (χ2v) is 5.19. The zero-order chi connectivity index (χ0) is 12.3. The van der Waals surface area contributed by atoms with Crippen molar-refractivity contribution in [3.8, 4) is 0 Å². The van der Waals surface area contributed by atoms with Gasteiger partial charge >= 0.3 is 0 Å². The molecule has 4 heteroatoms. The highest BCUT2D eigenvalue weighted by molar-refractivity contribution is 5.02. The van der Waals surface area contributed by atoms with E-state index in [-0.39, 0.29) is 5.92 Å². The van der Waals surface area contributed by atoms with Gasteiger partial charge in [-0.15, -0.1) is 0 Å². The Kier molecular flexibility index (Phi) is 4.15. The van der Waals surface area contributed by atoms with Gasteiger partial charge in [0.2, 0.25) is 0 Å². The number of alkyl halides is 1. The van der Waals surface area contributed by atoms with Crippen LogP contribution in [-0.2, 0) is 6.42 Å². The van der Waals surface area contributed by atoms with Crippen molar-refractivity contribution >= 4 is 0 Å². The zero-order valence-electron chi connectivity index (χ0n) is 10.7. The van der Waals surface area contributed by atoms with Gasteiger partial charge in [-0.25, -0.2) is 4.39 Å². The van der Waals surface area contributed by atoms with E-state index in [1.807, 2.05) is 16.9 Å². The van der Waals surface area contributed by atoms with Crippen molar-refractivity contribution in [1.82, 2.24) is 15.1 Å². The van der Waals surface area contributed by atoms with Gasteiger partial charge in [0.15, 0.2) is 0 Å². The standard InChI is InChI=1S/C13H22FN3/c1-10(2)17-8-5-12(16-17)9-13(14)11-3-6-15-7-4-11/h5,8,10-11,13,15H,3-4,6-7,9H2,1-2H3. The van der Waals surface area contributed by atoms with E-state index in [9.17, 15) is 4.39 Å². The predicted molar refractivity (Wildman–Crippen MR) is 66.8 cm³/mol.